The topological polar surface area (TPSA) is 91.7 Å². The van der Waals surface area contributed by atoms with Gasteiger partial charge in [-0.2, -0.15) is 0 Å². The van der Waals surface area contributed by atoms with Crippen molar-refractivity contribution in [2.45, 2.75) is 13.0 Å². The molecule has 0 aliphatic heterocycles. The molecule has 0 fully saturated rings. The molecule has 7 nitrogen and oxygen atoms in total. The molecule has 0 bridgehead atoms. The Labute approximate surface area is 189 Å². The molecule has 0 atom stereocenters. The summed E-state index contributed by atoms with van der Waals surface area (Å²) in [5.74, 6) is -0.677. The van der Waals surface area contributed by atoms with E-state index in [1.54, 1.807) is 36.6 Å². The molecule has 31 heavy (non-hydrogen) atoms. The summed E-state index contributed by atoms with van der Waals surface area (Å²) in [5, 5.41) is 7.48. The third-order valence-electron chi connectivity index (χ3n) is 4.45. The van der Waals surface area contributed by atoms with Crippen molar-refractivity contribution in [1.82, 2.24) is 15.5 Å². The Morgan fingerprint density at radius 3 is 2.48 bits per heavy atom. The highest BCUT2D eigenvalue weighted by atomic mass is 35.5. The van der Waals surface area contributed by atoms with Crippen LogP contribution in [0.2, 0.25) is 5.02 Å². The number of nitrogens with zero attached hydrogens (tertiary/aromatic N) is 1. The maximum atomic E-state index is 12.3. The van der Waals surface area contributed by atoms with Gasteiger partial charge in [0.2, 0.25) is 5.91 Å². The lowest BCUT2D eigenvalue weighted by atomic mass is 10.2. The highest BCUT2D eigenvalue weighted by Gasteiger charge is 2.17. The van der Waals surface area contributed by atoms with Gasteiger partial charge < -0.3 is 20.0 Å². The van der Waals surface area contributed by atoms with Crippen LogP contribution in [0.1, 0.15) is 10.6 Å². The molecule has 3 aromatic rings. The van der Waals surface area contributed by atoms with Crippen LogP contribution in [0.4, 0.5) is 0 Å². The minimum Gasteiger partial charge on any atom is -0.459 e. The molecule has 3 rings (SSSR count). The van der Waals surface area contributed by atoms with Crippen molar-refractivity contribution in [2.24, 2.45) is 0 Å². The van der Waals surface area contributed by atoms with E-state index < -0.39 is 11.8 Å². The highest BCUT2D eigenvalue weighted by Crippen LogP contribution is 2.24. The molecule has 0 saturated carbocycles. The van der Waals surface area contributed by atoms with Crippen LogP contribution < -0.4 is 10.6 Å². The normalized spacial score (nSPS) is 10.5. The Morgan fingerprint density at radius 2 is 1.77 bits per heavy atom. The van der Waals surface area contributed by atoms with Crippen molar-refractivity contribution in [3.63, 3.8) is 0 Å². The molecule has 0 saturated heterocycles. The second kappa shape index (κ2) is 10.8. The van der Waals surface area contributed by atoms with Gasteiger partial charge in [-0.1, -0.05) is 17.7 Å². The Bertz CT molecular complexity index is 1030. The fraction of sp³-hybridized carbons (Fsp3) is 0.227. The first-order chi connectivity index (χ1) is 14.9. The van der Waals surface area contributed by atoms with E-state index in [0.29, 0.717) is 29.5 Å². The monoisotopic (exact) mass is 459 g/mol. The van der Waals surface area contributed by atoms with Gasteiger partial charge in [0, 0.05) is 29.1 Å². The first-order valence-electron chi connectivity index (χ1n) is 9.59. The van der Waals surface area contributed by atoms with Gasteiger partial charge in [0.15, 0.2) is 0 Å². The number of carbonyl (C=O) groups is 3. The Hall–Kier alpha value is -3.10. The van der Waals surface area contributed by atoms with Crippen LogP contribution in [0.25, 0.3) is 11.3 Å². The molecular weight excluding hydrogens is 438 g/mol. The number of amides is 3. The fourth-order valence-corrected chi connectivity index (χ4v) is 3.59. The van der Waals surface area contributed by atoms with Gasteiger partial charge in [0.25, 0.3) is 0 Å². The number of thiophene rings is 1. The number of rotatable bonds is 8. The third kappa shape index (κ3) is 6.70. The van der Waals surface area contributed by atoms with Crippen LogP contribution >= 0.6 is 22.9 Å². The second-order valence-electron chi connectivity index (χ2n) is 6.79. The van der Waals surface area contributed by atoms with Crippen LogP contribution in [0, 0.1) is 0 Å². The van der Waals surface area contributed by atoms with Gasteiger partial charge in [-0.3, -0.25) is 14.4 Å². The van der Waals surface area contributed by atoms with Crippen molar-refractivity contribution >= 4 is 40.7 Å². The van der Waals surface area contributed by atoms with Crippen molar-refractivity contribution < 1.29 is 18.8 Å². The van der Waals surface area contributed by atoms with Gasteiger partial charge in [-0.25, -0.2) is 0 Å². The van der Waals surface area contributed by atoms with Crippen molar-refractivity contribution in [2.75, 3.05) is 20.1 Å². The average molecular weight is 460 g/mol. The molecule has 0 aliphatic rings. The van der Waals surface area contributed by atoms with Crippen LogP contribution in [-0.4, -0.2) is 42.8 Å². The Balaban J connectivity index is 1.41. The molecule has 0 radical (unpaired) electrons. The Kier molecular flexibility index (Phi) is 7.86. The minimum atomic E-state index is -0.837. The number of furan rings is 1. The van der Waals surface area contributed by atoms with E-state index >= 15 is 0 Å². The fourth-order valence-electron chi connectivity index (χ4n) is 2.76. The van der Waals surface area contributed by atoms with Crippen molar-refractivity contribution in [3.8, 4) is 11.3 Å². The molecule has 9 heteroatoms. The highest BCUT2D eigenvalue weighted by molar-refractivity contribution is 7.09. The summed E-state index contributed by atoms with van der Waals surface area (Å²) in [5.41, 5.74) is 0.877. The van der Waals surface area contributed by atoms with Crippen molar-refractivity contribution in [3.05, 3.63) is 69.6 Å². The van der Waals surface area contributed by atoms with E-state index in [1.807, 2.05) is 35.7 Å². The predicted octanol–water partition coefficient (Wildman–Crippen LogP) is 3.10. The van der Waals surface area contributed by atoms with Gasteiger partial charge in [0.05, 0.1) is 13.1 Å². The zero-order chi connectivity index (χ0) is 22.2. The van der Waals surface area contributed by atoms with Gasteiger partial charge in [-0.15, -0.1) is 11.3 Å². The molecule has 0 unspecified atom stereocenters. The zero-order valence-corrected chi connectivity index (χ0v) is 18.5. The number of nitrogens with one attached hydrogen (secondary N) is 2. The predicted molar refractivity (Wildman–Crippen MR) is 120 cm³/mol. The summed E-state index contributed by atoms with van der Waals surface area (Å²) < 4.78 is 5.78. The summed E-state index contributed by atoms with van der Waals surface area (Å²) >= 11 is 7.48. The molecule has 162 valence electrons. The average Bonchev–Trinajstić information content (AvgIpc) is 3.44. The third-order valence-corrected chi connectivity index (χ3v) is 5.64. The molecular formula is C22H22ClN3O4S. The van der Waals surface area contributed by atoms with E-state index in [1.165, 1.54) is 4.90 Å². The van der Waals surface area contributed by atoms with Crippen molar-refractivity contribution in [1.29, 1.82) is 0 Å². The van der Waals surface area contributed by atoms with Gasteiger partial charge >= 0.3 is 11.8 Å². The standard InChI is InChI=1S/C22H22ClN3O4S/c1-26(14-17-8-9-19(30-17)15-4-6-16(23)7-5-15)20(27)13-25-22(29)21(28)24-11-10-18-3-2-12-31-18/h2-9,12H,10-11,13-14H2,1H3,(H,24,28)(H,25,29). The zero-order valence-electron chi connectivity index (χ0n) is 16.9. The van der Waals surface area contributed by atoms with Gasteiger partial charge in [0.1, 0.15) is 11.5 Å². The van der Waals surface area contributed by atoms with Crippen LogP contribution in [0.3, 0.4) is 0 Å². The van der Waals surface area contributed by atoms with E-state index in [4.69, 9.17) is 16.0 Å². The first kappa shape index (κ1) is 22.6. The lowest BCUT2D eigenvalue weighted by molar-refractivity contribution is -0.140. The number of benzene rings is 1. The molecule has 1 aromatic carbocycles. The lowest BCUT2D eigenvalue weighted by Gasteiger charge is -2.16. The van der Waals surface area contributed by atoms with E-state index in [0.717, 1.165) is 10.4 Å². The smallest absolute Gasteiger partial charge is 0.309 e. The van der Waals surface area contributed by atoms with Gasteiger partial charge in [-0.05, 0) is 54.3 Å². The maximum absolute atomic E-state index is 12.3. The summed E-state index contributed by atoms with van der Waals surface area (Å²) in [6.07, 6.45) is 0.652. The SMILES string of the molecule is CN(Cc1ccc(-c2ccc(Cl)cc2)o1)C(=O)CNC(=O)C(=O)NCCc1cccs1. The number of carbonyl (C=O) groups excluding carboxylic acids is 3. The molecule has 3 amide bonds. The van der Waals surface area contributed by atoms with Crippen LogP contribution in [0.15, 0.2) is 58.3 Å². The largest absolute Gasteiger partial charge is 0.459 e. The number of likely N-dealkylation sites (N-methyl/N-ethyl adjacent to an activating group) is 1. The quantitative estimate of drug-likeness (QED) is 0.506. The molecule has 2 heterocycles. The molecule has 0 spiro atoms. The maximum Gasteiger partial charge on any atom is 0.309 e. The summed E-state index contributed by atoms with van der Waals surface area (Å²) in [6.45, 7) is 0.308. The molecule has 0 aliphatic carbocycles. The van der Waals surface area contributed by atoms with Crippen LogP contribution in [0.5, 0.6) is 0 Å². The van der Waals surface area contributed by atoms with E-state index in [9.17, 15) is 14.4 Å². The Morgan fingerprint density at radius 1 is 1.03 bits per heavy atom. The summed E-state index contributed by atoms with van der Waals surface area (Å²) in [4.78, 5) is 38.5. The summed E-state index contributed by atoms with van der Waals surface area (Å²) in [7, 11) is 1.60. The minimum absolute atomic E-state index is 0.231. The number of hydrogen-bond acceptors (Lipinski definition) is 5. The summed E-state index contributed by atoms with van der Waals surface area (Å²) in [6, 6.07) is 14.7. The van der Waals surface area contributed by atoms with E-state index in [2.05, 4.69) is 10.6 Å². The second-order valence-corrected chi connectivity index (χ2v) is 8.26. The lowest BCUT2D eigenvalue weighted by Crippen LogP contribution is -2.44. The number of halogens is 1. The number of hydrogen-bond donors (Lipinski definition) is 2. The molecule has 2 aromatic heterocycles. The van der Waals surface area contributed by atoms with E-state index in [-0.39, 0.29) is 19.0 Å². The first-order valence-corrected chi connectivity index (χ1v) is 10.8. The molecule has 2 N–H and O–H groups in total. The van der Waals surface area contributed by atoms with Crippen LogP contribution in [-0.2, 0) is 27.3 Å².